The third-order valence-electron chi connectivity index (χ3n) is 5.81. The molecule has 9 nitrogen and oxygen atoms in total. The number of carbonyl (C=O) groups is 1. The summed E-state index contributed by atoms with van der Waals surface area (Å²) in [4.78, 5) is 20.7. The summed E-state index contributed by atoms with van der Waals surface area (Å²) in [7, 11) is 0. The molecule has 0 bridgehead atoms. The molecule has 1 aliphatic rings. The Morgan fingerprint density at radius 2 is 1.97 bits per heavy atom. The minimum Gasteiger partial charge on any atom is -0.459 e. The van der Waals surface area contributed by atoms with Crippen molar-refractivity contribution in [1.29, 1.82) is 0 Å². The fourth-order valence-electron chi connectivity index (χ4n) is 4.14. The highest BCUT2D eigenvalue weighted by Crippen LogP contribution is 2.36. The smallest absolute Gasteiger partial charge is 0.286 e. The summed E-state index contributed by atoms with van der Waals surface area (Å²) in [6, 6.07) is 7.75. The fourth-order valence-corrected chi connectivity index (χ4v) is 4.14. The number of aromatic nitrogens is 2. The van der Waals surface area contributed by atoms with Crippen molar-refractivity contribution >= 4 is 16.9 Å². The number of hydrogen-bond acceptors (Lipinski definition) is 7. The van der Waals surface area contributed by atoms with Gasteiger partial charge in [0.15, 0.2) is 5.76 Å². The van der Waals surface area contributed by atoms with E-state index in [1.54, 1.807) is 0 Å². The number of rotatable bonds is 14. The molecule has 0 saturated heterocycles. The molecule has 1 aliphatic heterocycles. The summed E-state index contributed by atoms with van der Waals surface area (Å²) in [6.45, 7) is 8.70. The van der Waals surface area contributed by atoms with E-state index in [9.17, 15) is 4.79 Å². The van der Waals surface area contributed by atoms with Crippen molar-refractivity contribution in [3.8, 4) is 0 Å². The van der Waals surface area contributed by atoms with Gasteiger partial charge in [-0.1, -0.05) is 26.0 Å². The Morgan fingerprint density at radius 1 is 1.21 bits per heavy atom. The molecule has 9 heteroatoms. The maximum absolute atomic E-state index is 12.9. The molecule has 1 amide bonds. The predicted octanol–water partition coefficient (Wildman–Crippen LogP) is 2.76. The van der Waals surface area contributed by atoms with Crippen LogP contribution in [0.25, 0.3) is 11.0 Å². The van der Waals surface area contributed by atoms with E-state index in [1.807, 2.05) is 37.3 Å². The number of nitrogens with one attached hydrogen (secondary N) is 2. The fraction of sp³-hybridized carbons (Fsp3) is 0.600. The van der Waals surface area contributed by atoms with Gasteiger partial charge in [-0.05, 0) is 43.4 Å². The number of H-pyrrole nitrogens is 1. The number of allylic oxidation sites excluding steroid dienone is 1. The van der Waals surface area contributed by atoms with Gasteiger partial charge < -0.3 is 34.4 Å². The Kier molecular flexibility index (Phi) is 10.3. The maximum Gasteiger partial charge on any atom is 0.286 e. The SMILES string of the molecule is CCO[C@@H]1OC(C(=O)NCc2nc3ccccc3[nH]2)=C[C@H](C(C)C)[C@@H]1CCOCCOCCO. The third-order valence-corrected chi connectivity index (χ3v) is 5.81. The highest BCUT2D eigenvalue weighted by Gasteiger charge is 2.38. The van der Waals surface area contributed by atoms with Gasteiger partial charge in [0.2, 0.25) is 6.29 Å². The van der Waals surface area contributed by atoms with Crippen LogP contribution < -0.4 is 5.32 Å². The van der Waals surface area contributed by atoms with E-state index < -0.39 is 6.29 Å². The monoisotopic (exact) mass is 475 g/mol. The molecule has 3 atom stereocenters. The molecule has 0 aliphatic carbocycles. The molecule has 34 heavy (non-hydrogen) atoms. The first-order valence-electron chi connectivity index (χ1n) is 12.0. The molecule has 1 aromatic carbocycles. The lowest BCUT2D eigenvalue weighted by atomic mass is 9.79. The number of nitrogens with zero attached hydrogens (tertiary/aromatic N) is 1. The zero-order chi connectivity index (χ0) is 24.3. The number of benzene rings is 1. The van der Waals surface area contributed by atoms with E-state index >= 15 is 0 Å². The standard InChI is InChI=1S/C25H37N3O6/c1-4-33-25-18(9-11-31-13-14-32-12-10-29)19(17(2)3)15-22(34-25)24(30)26-16-23-27-20-7-5-6-8-21(20)28-23/h5-8,15,17-19,25,29H,4,9-14,16H2,1-3H3,(H,26,30)(H,27,28)/t18-,19+,25+/m0/s1. The highest BCUT2D eigenvalue weighted by atomic mass is 16.7. The van der Waals surface area contributed by atoms with Crippen LogP contribution in [0.1, 0.15) is 33.0 Å². The maximum atomic E-state index is 12.9. The zero-order valence-corrected chi connectivity index (χ0v) is 20.3. The molecule has 0 saturated carbocycles. The number of carbonyl (C=O) groups excluding carboxylic acids is 1. The van der Waals surface area contributed by atoms with E-state index in [1.165, 1.54) is 0 Å². The van der Waals surface area contributed by atoms with Crippen LogP contribution in [-0.4, -0.2) is 66.9 Å². The lowest BCUT2D eigenvalue weighted by Gasteiger charge is -2.38. The van der Waals surface area contributed by atoms with Gasteiger partial charge in [-0.3, -0.25) is 4.79 Å². The summed E-state index contributed by atoms with van der Waals surface area (Å²) >= 11 is 0. The van der Waals surface area contributed by atoms with Gasteiger partial charge in [-0.25, -0.2) is 4.98 Å². The van der Waals surface area contributed by atoms with Gasteiger partial charge in [0.1, 0.15) is 5.82 Å². The van der Waals surface area contributed by atoms with Gasteiger partial charge in [0, 0.05) is 19.1 Å². The van der Waals surface area contributed by atoms with Crippen LogP contribution in [0.3, 0.4) is 0 Å². The number of aromatic amines is 1. The van der Waals surface area contributed by atoms with Gasteiger partial charge >= 0.3 is 0 Å². The lowest BCUT2D eigenvalue weighted by Crippen LogP contribution is -2.41. The number of imidazole rings is 1. The predicted molar refractivity (Wildman–Crippen MR) is 128 cm³/mol. The summed E-state index contributed by atoms with van der Waals surface area (Å²) in [5.74, 6) is 1.14. The summed E-state index contributed by atoms with van der Waals surface area (Å²) in [5.41, 5.74) is 1.79. The van der Waals surface area contributed by atoms with Crippen molar-refractivity contribution < 1.29 is 28.8 Å². The normalized spacial score (nSPS) is 20.4. The van der Waals surface area contributed by atoms with Crippen molar-refractivity contribution in [2.75, 3.05) is 39.6 Å². The number of ether oxygens (including phenoxy) is 4. The Balaban J connectivity index is 1.60. The molecular weight excluding hydrogens is 438 g/mol. The first-order valence-corrected chi connectivity index (χ1v) is 12.0. The summed E-state index contributed by atoms with van der Waals surface area (Å²) in [5, 5.41) is 11.7. The zero-order valence-electron chi connectivity index (χ0n) is 20.3. The van der Waals surface area contributed by atoms with Crippen molar-refractivity contribution in [2.24, 2.45) is 17.8 Å². The molecule has 0 unspecified atom stereocenters. The van der Waals surface area contributed by atoms with E-state index in [0.29, 0.717) is 44.8 Å². The van der Waals surface area contributed by atoms with Gasteiger partial charge in [0.05, 0.1) is 44.0 Å². The Bertz CT molecular complexity index is 895. The van der Waals surface area contributed by atoms with Crippen LogP contribution in [0.2, 0.25) is 0 Å². The van der Waals surface area contributed by atoms with E-state index in [-0.39, 0.29) is 36.7 Å². The average Bonchev–Trinajstić information content (AvgIpc) is 3.25. The molecule has 3 N–H and O–H groups in total. The van der Waals surface area contributed by atoms with Crippen molar-refractivity contribution in [3.05, 3.63) is 41.9 Å². The van der Waals surface area contributed by atoms with Gasteiger partial charge in [0.25, 0.3) is 5.91 Å². The molecule has 0 radical (unpaired) electrons. The van der Waals surface area contributed by atoms with Gasteiger partial charge in [-0.2, -0.15) is 0 Å². The van der Waals surface area contributed by atoms with E-state index in [4.69, 9.17) is 24.1 Å². The quantitative estimate of drug-likeness (QED) is 0.360. The second-order valence-electron chi connectivity index (χ2n) is 8.58. The lowest BCUT2D eigenvalue weighted by molar-refractivity contribution is -0.177. The second-order valence-corrected chi connectivity index (χ2v) is 8.58. The van der Waals surface area contributed by atoms with Gasteiger partial charge in [-0.15, -0.1) is 0 Å². The van der Waals surface area contributed by atoms with Crippen LogP contribution in [0.4, 0.5) is 0 Å². The number of hydrogen-bond donors (Lipinski definition) is 3. The van der Waals surface area contributed by atoms with Crippen LogP contribution in [0.5, 0.6) is 0 Å². The van der Waals surface area contributed by atoms with Crippen molar-refractivity contribution in [3.63, 3.8) is 0 Å². The van der Waals surface area contributed by atoms with Crippen molar-refractivity contribution in [2.45, 2.75) is 40.0 Å². The third kappa shape index (κ3) is 7.27. The molecule has 188 valence electrons. The largest absolute Gasteiger partial charge is 0.459 e. The molecule has 0 fully saturated rings. The Hall–Kier alpha value is -2.46. The van der Waals surface area contributed by atoms with Crippen molar-refractivity contribution in [1.82, 2.24) is 15.3 Å². The molecular formula is C25H37N3O6. The first kappa shape index (κ1) is 26.2. The number of fused-ring (bicyclic) bond motifs is 1. The first-order chi connectivity index (χ1) is 16.5. The van der Waals surface area contributed by atoms with Crippen LogP contribution >= 0.6 is 0 Å². The topological polar surface area (TPSA) is 115 Å². The summed E-state index contributed by atoms with van der Waals surface area (Å²) < 4.78 is 22.8. The van der Waals surface area contributed by atoms with E-state index in [0.717, 1.165) is 17.5 Å². The number of para-hydroxylation sites is 2. The second kappa shape index (κ2) is 13.4. The Morgan fingerprint density at radius 3 is 2.68 bits per heavy atom. The minimum atomic E-state index is -0.524. The van der Waals surface area contributed by atoms with Crippen LogP contribution in [-0.2, 0) is 30.3 Å². The highest BCUT2D eigenvalue weighted by molar-refractivity contribution is 5.91. The molecule has 2 aromatic rings. The van der Waals surface area contributed by atoms with E-state index in [2.05, 4.69) is 29.1 Å². The summed E-state index contributed by atoms with van der Waals surface area (Å²) in [6.07, 6.45) is 2.13. The molecule has 0 spiro atoms. The average molecular weight is 476 g/mol. The minimum absolute atomic E-state index is 0.00599. The number of aliphatic hydroxyl groups is 1. The number of aliphatic hydroxyl groups excluding tert-OH is 1. The Labute approximate surface area is 200 Å². The molecule has 2 heterocycles. The molecule has 1 aromatic heterocycles. The molecule has 3 rings (SSSR count). The van der Waals surface area contributed by atoms with Crippen LogP contribution in [0, 0.1) is 17.8 Å². The van der Waals surface area contributed by atoms with Crippen LogP contribution in [0.15, 0.2) is 36.1 Å². The number of amides is 1.